The van der Waals surface area contributed by atoms with Crippen molar-refractivity contribution in [3.63, 3.8) is 0 Å². The summed E-state index contributed by atoms with van der Waals surface area (Å²) < 4.78 is 32.6. The minimum atomic E-state index is -3.93. The molecule has 4 heterocycles. The van der Waals surface area contributed by atoms with Crippen LogP contribution in [0.1, 0.15) is 24.1 Å². The molecule has 1 amide bonds. The Balaban J connectivity index is 1.60. The van der Waals surface area contributed by atoms with E-state index in [0.717, 1.165) is 16.1 Å². The maximum Gasteiger partial charge on any atom is 0.407 e. The molecule has 1 fully saturated rings. The molecule has 0 saturated carbocycles. The molecular weight excluding hydrogens is 502 g/mol. The third kappa shape index (κ3) is 4.58. The molecule has 36 heavy (non-hydrogen) atoms. The highest BCUT2D eigenvalue weighted by atomic mass is 32.2. The van der Waals surface area contributed by atoms with E-state index in [-0.39, 0.29) is 22.5 Å². The number of nitrogens with zero attached hydrogens (tertiary/aromatic N) is 5. The number of benzene rings is 1. The predicted octanol–water partition coefficient (Wildman–Crippen LogP) is 4.04. The third-order valence-corrected chi connectivity index (χ3v) is 8.66. The van der Waals surface area contributed by atoms with E-state index in [9.17, 15) is 18.3 Å². The largest absolute Gasteiger partial charge is 0.465 e. The van der Waals surface area contributed by atoms with Gasteiger partial charge in [-0.2, -0.15) is 14.3 Å². The van der Waals surface area contributed by atoms with Gasteiger partial charge in [0, 0.05) is 25.3 Å². The van der Waals surface area contributed by atoms with Gasteiger partial charge in [0.15, 0.2) is 5.65 Å². The summed E-state index contributed by atoms with van der Waals surface area (Å²) in [6.07, 6.45) is 1.98. The second kappa shape index (κ2) is 9.39. The Bertz CT molecular complexity index is 1550. The van der Waals surface area contributed by atoms with E-state index < -0.39 is 16.1 Å². The zero-order valence-corrected chi connectivity index (χ0v) is 21.3. The molecule has 5 rings (SSSR count). The average molecular weight is 528 g/mol. The Morgan fingerprint density at radius 2 is 2.00 bits per heavy atom. The van der Waals surface area contributed by atoms with E-state index in [2.05, 4.69) is 25.0 Å². The second-order valence-corrected chi connectivity index (χ2v) is 11.3. The summed E-state index contributed by atoms with van der Waals surface area (Å²) in [5.41, 5.74) is 1.68. The van der Waals surface area contributed by atoms with Crippen LogP contribution in [0.3, 0.4) is 0 Å². The topological polar surface area (TPSA) is 142 Å². The zero-order chi connectivity index (χ0) is 25.4. The molecule has 0 aliphatic carbocycles. The first-order chi connectivity index (χ1) is 17.2. The quantitative estimate of drug-likeness (QED) is 0.338. The maximum atomic E-state index is 13.6. The minimum absolute atomic E-state index is 0.178. The minimum Gasteiger partial charge on any atom is -0.465 e. The molecular formula is C23H25N7O4S2. The maximum absolute atomic E-state index is 13.6. The number of hydrogen-bond donors (Lipinski definition) is 3. The third-order valence-electron chi connectivity index (χ3n) is 6.04. The lowest BCUT2D eigenvalue weighted by molar-refractivity contribution is 0.133. The molecule has 1 aliphatic heterocycles. The molecule has 13 heteroatoms. The van der Waals surface area contributed by atoms with Crippen LogP contribution in [0.25, 0.3) is 11.0 Å². The van der Waals surface area contributed by atoms with Gasteiger partial charge in [-0.1, -0.05) is 18.2 Å². The van der Waals surface area contributed by atoms with E-state index in [1.165, 1.54) is 22.6 Å². The van der Waals surface area contributed by atoms with E-state index in [1.54, 1.807) is 37.3 Å². The van der Waals surface area contributed by atoms with E-state index >= 15 is 0 Å². The van der Waals surface area contributed by atoms with Crippen LogP contribution in [-0.4, -0.2) is 62.0 Å². The fourth-order valence-corrected chi connectivity index (χ4v) is 6.48. The second-order valence-electron chi connectivity index (χ2n) is 8.68. The first-order valence-electron chi connectivity index (χ1n) is 11.4. The van der Waals surface area contributed by atoms with Crippen LogP contribution in [0.2, 0.25) is 0 Å². The first-order valence-corrected chi connectivity index (χ1v) is 13.6. The highest BCUT2D eigenvalue weighted by Gasteiger charge is 2.27. The zero-order valence-electron chi connectivity index (χ0n) is 19.7. The Hall–Kier alpha value is -3.71. The van der Waals surface area contributed by atoms with Crippen molar-refractivity contribution in [3.8, 4) is 0 Å². The molecule has 3 aromatic heterocycles. The van der Waals surface area contributed by atoms with Crippen LogP contribution in [0.4, 0.5) is 21.6 Å². The smallest absolute Gasteiger partial charge is 0.407 e. The highest BCUT2D eigenvalue weighted by Crippen LogP contribution is 2.30. The van der Waals surface area contributed by atoms with Gasteiger partial charge in [-0.3, -0.25) is 0 Å². The monoisotopic (exact) mass is 527 g/mol. The predicted molar refractivity (Wildman–Crippen MR) is 138 cm³/mol. The number of piperidine rings is 1. The number of fused-ring (bicyclic) bond motifs is 1. The van der Waals surface area contributed by atoms with Crippen molar-refractivity contribution in [3.05, 3.63) is 53.9 Å². The van der Waals surface area contributed by atoms with Crippen LogP contribution in [0.15, 0.2) is 47.5 Å². The number of aromatic nitrogens is 4. The van der Waals surface area contributed by atoms with Crippen LogP contribution in [0, 0.1) is 13.8 Å². The summed E-state index contributed by atoms with van der Waals surface area (Å²) in [6.45, 7) is 4.40. The summed E-state index contributed by atoms with van der Waals surface area (Å²) in [5.74, 6) is 0.638. The summed E-state index contributed by atoms with van der Waals surface area (Å²) >= 11 is 1.25. The van der Waals surface area contributed by atoms with Crippen molar-refractivity contribution in [2.45, 2.75) is 37.6 Å². The molecule has 0 spiro atoms. The van der Waals surface area contributed by atoms with Gasteiger partial charge in [0.1, 0.15) is 10.8 Å². The van der Waals surface area contributed by atoms with Gasteiger partial charge in [0.2, 0.25) is 5.95 Å². The van der Waals surface area contributed by atoms with Crippen LogP contribution in [0.5, 0.6) is 0 Å². The Morgan fingerprint density at radius 3 is 2.72 bits per heavy atom. The Labute approximate surface area is 212 Å². The number of nitrogens with one attached hydrogen (secondary N) is 2. The van der Waals surface area contributed by atoms with Crippen LogP contribution >= 0.6 is 11.5 Å². The number of likely N-dealkylation sites (tertiary alicyclic amines) is 1. The molecule has 1 aromatic carbocycles. The average Bonchev–Trinajstić information content (AvgIpc) is 3.46. The van der Waals surface area contributed by atoms with Gasteiger partial charge in [0.25, 0.3) is 10.0 Å². The van der Waals surface area contributed by atoms with Crippen LogP contribution in [-0.2, 0) is 10.0 Å². The molecule has 188 valence electrons. The molecule has 0 radical (unpaired) electrons. The fourth-order valence-electron chi connectivity index (χ4n) is 4.30. The van der Waals surface area contributed by atoms with Gasteiger partial charge >= 0.3 is 6.09 Å². The van der Waals surface area contributed by atoms with Crippen molar-refractivity contribution in [1.29, 1.82) is 0 Å². The lowest BCUT2D eigenvalue weighted by Gasteiger charge is -2.31. The fraction of sp³-hybridized carbons (Fsp3) is 0.304. The van der Waals surface area contributed by atoms with Gasteiger partial charge < -0.3 is 20.6 Å². The number of rotatable bonds is 6. The van der Waals surface area contributed by atoms with Gasteiger partial charge in [-0.25, -0.2) is 17.2 Å². The molecule has 1 saturated heterocycles. The molecule has 1 aliphatic rings. The molecule has 0 bridgehead atoms. The summed E-state index contributed by atoms with van der Waals surface area (Å²) in [4.78, 5) is 22.2. The summed E-state index contributed by atoms with van der Waals surface area (Å²) in [7, 11) is -3.93. The van der Waals surface area contributed by atoms with E-state index in [4.69, 9.17) is 0 Å². The molecule has 3 N–H and O–H groups in total. The molecule has 0 unspecified atom stereocenters. The number of aryl methyl sites for hydroxylation is 2. The number of carboxylic acid groups (broad SMARTS) is 1. The summed E-state index contributed by atoms with van der Waals surface area (Å²) in [5, 5.41) is 17.1. The number of amides is 1. The van der Waals surface area contributed by atoms with E-state index in [0.29, 0.717) is 41.3 Å². The first kappa shape index (κ1) is 24.0. The van der Waals surface area contributed by atoms with Crippen LogP contribution < -0.4 is 10.6 Å². The van der Waals surface area contributed by atoms with Gasteiger partial charge in [-0.15, -0.1) is 0 Å². The van der Waals surface area contributed by atoms with Crippen molar-refractivity contribution in [2.24, 2.45) is 0 Å². The lowest BCUT2D eigenvalue weighted by atomic mass is 10.1. The number of anilines is 3. The molecule has 4 aromatic rings. The van der Waals surface area contributed by atoms with Crippen molar-refractivity contribution in [1.82, 2.24) is 23.2 Å². The number of hydrogen-bond acceptors (Lipinski definition) is 9. The Morgan fingerprint density at radius 1 is 1.19 bits per heavy atom. The van der Waals surface area contributed by atoms with Crippen molar-refractivity contribution in [2.75, 3.05) is 23.7 Å². The molecule has 1 atom stereocenters. The highest BCUT2D eigenvalue weighted by molar-refractivity contribution is 7.90. The van der Waals surface area contributed by atoms with Crippen molar-refractivity contribution < 1.29 is 18.3 Å². The van der Waals surface area contributed by atoms with Gasteiger partial charge in [-0.05, 0) is 62.0 Å². The SMILES string of the molecule is Cc1cc(Nc2nc(N[C@@H]3CCCN(C(=O)O)C3)c3ccn(S(=O)(=O)c4ccccc4C)c3n2)sn1. The normalized spacial score (nSPS) is 16.3. The van der Waals surface area contributed by atoms with Crippen molar-refractivity contribution >= 4 is 55.4 Å². The van der Waals surface area contributed by atoms with E-state index in [1.807, 2.05) is 13.0 Å². The van der Waals surface area contributed by atoms with Gasteiger partial charge in [0.05, 0.1) is 16.0 Å². The Kier molecular flexibility index (Phi) is 6.26. The summed E-state index contributed by atoms with van der Waals surface area (Å²) in [6, 6.07) is 10.1. The number of carbonyl (C=O) groups is 1. The molecule has 11 nitrogen and oxygen atoms in total. The lowest BCUT2D eigenvalue weighted by Crippen LogP contribution is -2.44. The standard InChI is InChI=1S/C23H25N7O4S2/c1-14-6-3-4-8-18(14)36(33,34)30-11-9-17-20(24-16-7-5-10-29(13-16)23(31)32)26-22(27-21(17)30)25-19-12-15(2)28-35-19/h3-4,6,8-9,11-12,16H,5,7,10,13H2,1-2H3,(H,31,32)(H2,24,25,26,27)/t16-/m1/s1.